The Bertz CT molecular complexity index is 694. The van der Waals surface area contributed by atoms with Crippen molar-refractivity contribution in [2.45, 2.75) is 25.2 Å². The maximum absolute atomic E-state index is 12.7. The summed E-state index contributed by atoms with van der Waals surface area (Å²) in [7, 11) is 0. The molecule has 154 valence electrons. The minimum atomic E-state index is -4.75. The van der Waals surface area contributed by atoms with Crippen molar-refractivity contribution in [3.05, 3.63) is 24.3 Å². The van der Waals surface area contributed by atoms with Gasteiger partial charge in [-0.15, -0.1) is 13.2 Å². The van der Waals surface area contributed by atoms with E-state index in [4.69, 9.17) is 0 Å². The highest BCUT2D eigenvalue weighted by Crippen LogP contribution is 2.24. The number of nitrogens with zero attached hydrogens (tertiary/aromatic N) is 2. The summed E-state index contributed by atoms with van der Waals surface area (Å²) in [6, 6.07) is 4.68. The summed E-state index contributed by atoms with van der Waals surface area (Å²) in [5, 5.41) is 2.65. The number of anilines is 1. The lowest BCUT2D eigenvalue weighted by Crippen LogP contribution is -2.49. The summed E-state index contributed by atoms with van der Waals surface area (Å²) < 4.78 is 40.4. The number of carbonyl (C=O) groups is 2. The first-order chi connectivity index (χ1) is 13.3. The van der Waals surface area contributed by atoms with E-state index < -0.39 is 6.36 Å². The number of rotatable bonds is 5. The number of carbonyl (C=O) groups excluding carboxylic acids is 2. The smallest absolute Gasteiger partial charge is 0.406 e. The van der Waals surface area contributed by atoms with Crippen LogP contribution in [0.5, 0.6) is 5.75 Å². The highest BCUT2D eigenvalue weighted by Gasteiger charge is 2.35. The normalized spacial score (nSPS) is 20.8. The summed E-state index contributed by atoms with van der Waals surface area (Å²) in [5.74, 6) is 1.30. The Morgan fingerprint density at radius 2 is 1.82 bits per heavy atom. The Morgan fingerprint density at radius 3 is 2.46 bits per heavy atom. The van der Waals surface area contributed by atoms with Crippen LogP contribution < -0.4 is 10.1 Å². The molecule has 0 saturated carbocycles. The second kappa shape index (κ2) is 9.04. The van der Waals surface area contributed by atoms with Gasteiger partial charge in [0, 0.05) is 30.3 Å². The number of alkyl halides is 3. The number of likely N-dealkylation sites (tertiary alicyclic amines) is 1. The Labute approximate surface area is 165 Å². The van der Waals surface area contributed by atoms with Gasteiger partial charge in [-0.1, -0.05) is 0 Å². The van der Waals surface area contributed by atoms with Crippen LogP contribution in [0, 0.1) is 0 Å². The fourth-order valence-electron chi connectivity index (χ4n) is 3.41. The predicted octanol–water partition coefficient (Wildman–Crippen LogP) is 2.56. The molecule has 2 fully saturated rings. The summed E-state index contributed by atoms with van der Waals surface area (Å²) in [4.78, 5) is 28.8. The fourth-order valence-corrected chi connectivity index (χ4v) is 4.32. The van der Waals surface area contributed by atoms with Crippen molar-refractivity contribution in [2.24, 2.45) is 0 Å². The Kier molecular flexibility index (Phi) is 6.71. The highest BCUT2D eigenvalue weighted by atomic mass is 32.2. The first kappa shape index (κ1) is 20.8. The molecular weight excluding hydrogens is 395 g/mol. The number of hydrogen-bond donors (Lipinski definition) is 1. The third-order valence-electron chi connectivity index (χ3n) is 4.69. The van der Waals surface area contributed by atoms with Crippen molar-refractivity contribution in [1.29, 1.82) is 0 Å². The lowest BCUT2D eigenvalue weighted by molar-refractivity contribution is -0.274. The standard InChI is InChI=1S/C18H22F3N3O3S/c19-18(20,21)27-14-5-3-13(4-6-14)22-16(25)12-24-7-1-2-15(24)17(26)23-8-10-28-11-9-23/h3-6,15H,1-2,7-12H2,(H,22,25). The van der Waals surface area contributed by atoms with Gasteiger partial charge in [0.25, 0.3) is 0 Å². The molecule has 1 atom stereocenters. The van der Waals surface area contributed by atoms with Crippen molar-refractivity contribution in [1.82, 2.24) is 9.80 Å². The summed E-state index contributed by atoms with van der Waals surface area (Å²) >= 11 is 1.83. The molecule has 3 rings (SSSR count). The largest absolute Gasteiger partial charge is 0.573 e. The van der Waals surface area contributed by atoms with Crippen molar-refractivity contribution >= 4 is 29.3 Å². The number of halogens is 3. The van der Waals surface area contributed by atoms with Gasteiger partial charge in [0.05, 0.1) is 12.6 Å². The Hall–Kier alpha value is -1.94. The van der Waals surface area contributed by atoms with Gasteiger partial charge in [-0.25, -0.2) is 0 Å². The minimum absolute atomic E-state index is 0.0692. The van der Waals surface area contributed by atoms with E-state index in [1.165, 1.54) is 12.1 Å². The zero-order chi connectivity index (χ0) is 20.1. The molecule has 0 aromatic heterocycles. The van der Waals surface area contributed by atoms with Crippen molar-refractivity contribution in [3.63, 3.8) is 0 Å². The summed E-state index contributed by atoms with van der Waals surface area (Å²) in [6.07, 6.45) is -3.16. The molecular formula is C18H22F3N3O3S. The molecule has 0 spiro atoms. The first-order valence-electron chi connectivity index (χ1n) is 9.08. The summed E-state index contributed by atoms with van der Waals surface area (Å²) in [6.45, 7) is 2.23. The molecule has 0 bridgehead atoms. The molecule has 0 aliphatic carbocycles. The molecule has 10 heteroatoms. The average Bonchev–Trinajstić information content (AvgIpc) is 3.10. The van der Waals surface area contributed by atoms with Gasteiger partial charge >= 0.3 is 6.36 Å². The lowest BCUT2D eigenvalue weighted by Gasteiger charge is -2.32. The van der Waals surface area contributed by atoms with Gasteiger partial charge in [0.2, 0.25) is 11.8 Å². The number of benzene rings is 1. The van der Waals surface area contributed by atoms with E-state index in [1.54, 1.807) is 0 Å². The van der Waals surface area contributed by atoms with Gasteiger partial charge < -0.3 is 15.0 Å². The molecule has 2 heterocycles. The molecule has 1 aromatic rings. The molecule has 1 N–H and O–H groups in total. The monoisotopic (exact) mass is 417 g/mol. The van der Waals surface area contributed by atoms with Crippen molar-refractivity contribution < 1.29 is 27.5 Å². The lowest BCUT2D eigenvalue weighted by atomic mass is 10.2. The van der Waals surface area contributed by atoms with Crippen LogP contribution in [0.3, 0.4) is 0 Å². The molecule has 0 radical (unpaired) electrons. The highest BCUT2D eigenvalue weighted by molar-refractivity contribution is 7.99. The quantitative estimate of drug-likeness (QED) is 0.798. The Morgan fingerprint density at radius 1 is 1.14 bits per heavy atom. The number of nitrogens with one attached hydrogen (secondary N) is 1. The van der Waals surface area contributed by atoms with Crippen molar-refractivity contribution in [3.8, 4) is 5.75 Å². The molecule has 2 amide bonds. The number of hydrogen-bond acceptors (Lipinski definition) is 5. The number of ether oxygens (including phenoxy) is 1. The molecule has 6 nitrogen and oxygen atoms in total. The zero-order valence-electron chi connectivity index (χ0n) is 15.2. The minimum Gasteiger partial charge on any atom is -0.406 e. The molecule has 2 aliphatic rings. The van der Waals surface area contributed by atoms with Crippen LogP contribution >= 0.6 is 11.8 Å². The molecule has 2 aliphatic heterocycles. The van der Waals surface area contributed by atoms with E-state index in [-0.39, 0.29) is 30.2 Å². The first-order valence-corrected chi connectivity index (χ1v) is 10.2. The maximum atomic E-state index is 12.7. The second-order valence-electron chi connectivity index (χ2n) is 6.69. The van der Waals surface area contributed by atoms with E-state index >= 15 is 0 Å². The van der Waals surface area contributed by atoms with Crippen LogP contribution in [0.4, 0.5) is 18.9 Å². The summed E-state index contributed by atoms with van der Waals surface area (Å²) in [5.41, 5.74) is 0.370. The zero-order valence-corrected chi connectivity index (χ0v) is 16.0. The van der Waals surface area contributed by atoms with E-state index in [9.17, 15) is 22.8 Å². The van der Waals surface area contributed by atoms with Gasteiger partial charge in [-0.05, 0) is 43.7 Å². The van der Waals surface area contributed by atoms with Crippen molar-refractivity contribution in [2.75, 3.05) is 43.0 Å². The fraction of sp³-hybridized carbons (Fsp3) is 0.556. The second-order valence-corrected chi connectivity index (χ2v) is 7.91. The third kappa shape index (κ3) is 5.78. The van der Waals surface area contributed by atoms with Crippen LogP contribution in [0.1, 0.15) is 12.8 Å². The van der Waals surface area contributed by atoms with Gasteiger partial charge in [-0.3, -0.25) is 14.5 Å². The van der Waals surface area contributed by atoms with E-state index in [0.29, 0.717) is 12.2 Å². The van der Waals surface area contributed by atoms with Gasteiger partial charge in [0.1, 0.15) is 5.75 Å². The third-order valence-corrected chi connectivity index (χ3v) is 5.63. The van der Waals surface area contributed by atoms with Crippen LogP contribution in [0.2, 0.25) is 0 Å². The molecule has 2 saturated heterocycles. The van der Waals surface area contributed by atoms with Crippen LogP contribution in [0.25, 0.3) is 0 Å². The van der Waals surface area contributed by atoms with E-state index in [1.807, 2.05) is 21.6 Å². The van der Waals surface area contributed by atoms with Crippen LogP contribution in [0.15, 0.2) is 24.3 Å². The van der Waals surface area contributed by atoms with Gasteiger partial charge in [0.15, 0.2) is 0 Å². The van der Waals surface area contributed by atoms with Gasteiger partial charge in [-0.2, -0.15) is 11.8 Å². The molecule has 28 heavy (non-hydrogen) atoms. The predicted molar refractivity (Wildman–Crippen MR) is 100 cm³/mol. The number of thioether (sulfide) groups is 1. The number of amides is 2. The van der Waals surface area contributed by atoms with Crippen LogP contribution in [-0.4, -0.2) is 71.7 Å². The Balaban J connectivity index is 1.52. The van der Waals surface area contributed by atoms with Crippen LogP contribution in [-0.2, 0) is 9.59 Å². The SMILES string of the molecule is O=C(CN1CCCC1C(=O)N1CCSCC1)Nc1ccc(OC(F)(F)F)cc1. The topological polar surface area (TPSA) is 61.9 Å². The van der Waals surface area contributed by atoms with E-state index in [0.717, 1.165) is 49.6 Å². The maximum Gasteiger partial charge on any atom is 0.573 e. The van der Waals surface area contributed by atoms with E-state index in [2.05, 4.69) is 10.1 Å². The average molecular weight is 417 g/mol. The molecule has 1 unspecified atom stereocenters. The molecule has 1 aromatic carbocycles.